The Morgan fingerprint density at radius 1 is 1.38 bits per heavy atom. The second kappa shape index (κ2) is 5.29. The third-order valence-electron chi connectivity index (χ3n) is 2.11. The van der Waals surface area contributed by atoms with E-state index in [4.69, 9.17) is 0 Å². The van der Waals surface area contributed by atoms with Crippen molar-refractivity contribution < 1.29 is 0 Å². The molecular formula is C11H10Br2N2S. The lowest BCUT2D eigenvalue weighted by atomic mass is 10.3. The van der Waals surface area contributed by atoms with Gasteiger partial charge in [-0.2, -0.15) is 0 Å². The molecule has 0 saturated heterocycles. The van der Waals surface area contributed by atoms with E-state index in [0.717, 1.165) is 21.3 Å². The number of thiophene rings is 1. The molecule has 84 valence electrons. The zero-order valence-electron chi connectivity index (χ0n) is 8.63. The summed E-state index contributed by atoms with van der Waals surface area (Å²) in [6.07, 6.45) is 1.82. The van der Waals surface area contributed by atoms with Crippen LogP contribution in [0.15, 0.2) is 32.7 Å². The second-order valence-electron chi connectivity index (χ2n) is 3.40. The highest BCUT2D eigenvalue weighted by atomic mass is 79.9. The SMILES string of the molecule is Cc1cc(NCc2cc(Br)cs2)ncc1Br. The van der Waals surface area contributed by atoms with Gasteiger partial charge in [0.25, 0.3) is 0 Å². The van der Waals surface area contributed by atoms with Crippen LogP contribution in [0.1, 0.15) is 10.4 Å². The summed E-state index contributed by atoms with van der Waals surface area (Å²) in [7, 11) is 0. The van der Waals surface area contributed by atoms with E-state index in [1.807, 2.05) is 12.3 Å². The van der Waals surface area contributed by atoms with E-state index in [-0.39, 0.29) is 0 Å². The van der Waals surface area contributed by atoms with Gasteiger partial charge < -0.3 is 5.32 Å². The molecule has 0 bridgehead atoms. The zero-order chi connectivity index (χ0) is 11.5. The zero-order valence-corrected chi connectivity index (χ0v) is 12.6. The van der Waals surface area contributed by atoms with Crippen LogP contribution in [-0.4, -0.2) is 4.98 Å². The lowest BCUT2D eigenvalue weighted by Crippen LogP contribution is -1.99. The molecule has 0 radical (unpaired) electrons. The maximum Gasteiger partial charge on any atom is 0.126 e. The van der Waals surface area contributed by atoms with Gasteiger partial charge in [-0.15, -0.1) is 11.3 Å². The molecule has 0 aromatic carbocycles. The van der Waals surface area contributed by atoms with Crippen molar-refractivity contribution in [2.45, 2.75) is 13.5 Å². The Balaban J connectivity index is 2.02. The van der Waals surface area contributed by atoms with Crippen LogP contribution < -0.4 is 5.32 Å². The monoisotopic (exact) mass is 360 g/mol. The van der Waals surface area contributed by atoms with Gasteiger partial charge in [-0.25, -0.2) is 4.98 Å². The predicted molar refractivity (Wildman–Crippen MR) is 76.0 cm³/mol. The lowest BCUT2D eigenvalue weighted by Gasteiger charge is -2.05. The van der Waals surface area contributed by atoms with Gasteiger partial charge in [0.05, 0.1) is 6.54 Å². The molecule has 0 fully saturated rings. The summed E-state index contributed by atoms with van der Waals surface area (Å²) in [4.78, 5) is 5.58. The van der Waals surface area contributed by atoms with Crippen LogP contribution in [0.3, 0.4) is 0 Å². The topological polar surface area (TPSA) is 24.9 Å². The van der Waals surface area contributed by atoms with Gasteiger partial charge in [0.2, 0.25) is 0 Å². The molecule has 2 aromatic heterocycles. The van der Waals surface area contributed by atoms with E-state index in [0.29, 0.717) is 0 Å². The van der Waals surface area contributed by atoms with Crippen molar-refractivity contribution in [1.29, 1.82) is 0 Å². The van der Waals surface area contributed by atoms with Gasteiger partial charge in [-0.3, -0.25) is 0 Å². The first-order chi connectivity index (χ1) is 7.65. The van der Waals surface area contributed by atoms with Crippen molar-refractivity contribution >= 4 is 49.0 Å². The van der Waals surface area contributed by atoms with Crippen LogP contribution in [-0.2, 0) is 6.54 Å². The molecule has 0 unspecified atom stereocenters. The Morgan fingerprint density at radius 2 is 2.19 bits per heavy atom. The molecule has 2 rings (SSSR count). The van der Waals surface area contributed by atoms with Gasteiger partial charge in [-0.05, 0) is 56.5 Å². The maximum absolute atomic E-state index is 4.30. The maximum atomic E-state index is 4.30. The largest absolute Gasteiger partial charge is 0.365 e. The summed E-state index contributed by atoms with van der Waals surface area (Å²) < 4.78 is 2.17. The van der Waals surface area contributed by atoms with Crippen molar-refractivity contribution in [2.24, 2.45) is 0 Å². The Kier molecular flexibility index (Phi) is 4.00. The number of anilines is 1. The highest BCUT2D eigenvalue weighted by Crippen LogP contribution is 2.21. The molecule has 0 saturated carbocycles. The normalized spacial score (nSPS) is 10.4. The van der Waals surface area contributed by atoms with E-state index < -0.39 is 0 Å². The fourth-order valence-electron chi connectivity index (χ4n) is 1.26. The number of rotatable bonds is 3. The molecule has 2 aromatic rings. The molecule has 1 N–H and O–H groups in total. The van der Waals surface area contributed by atoms with Gasteiger partial charge in [0, 0.05) is 25.4 Å². The van der Waals surface area contributed by atoms with Crippen LogP contribution in [0.25, 0.3) is 0 Å². The minimum Gasteiger partial charge on any atom is -0.365 e. The predicted octanol–water partition coefficient (Wildman–Crippen LogP) is 4.59. The van der Waals surface area contributed by atoms with Crippen molar-refractivity contribution in [1.82, 2.24) is 4.98 Å². The van der Waals surface area contributed by atoms with Crippen LogP contribution in [0.4, 0.5) is 5.82 Å². The van der Waals surface area contributed by atoms with Gasteiger partial charge in [-0.1, -0.05) is 0 Å². The molecule has 0 aliphatic rings. The first-order valence-electron chi connectivity index (χ1n) is 4.74. The number of hydrogen-bond donors (Lipinski definition) is 1. The van der Waals surface area contributed by atoms with Gasteiger partial charge >= 0.3 is 0 Å². The molecular weight excluding hydrogens is 352 g/mol. The van der Waals surface area contributed by atoms with Crippen LogP contribution in [0, 0.1) is 6.92 Å². The minimum atomic E-state index is 0.810. The highest BCUT2D eigenvalue weighted by molar-refractivity contribution is 9.10. The third-order valence-corrected chi connectivity index (χ3v) is 4.64. The summed E-state index contributed by atoms with van der Waals surface area (Å²) in [6, 6.07) is 4.15. The summed E-state index contributed by atoms with van der Waals surface area (Å²) >= 11 is 8.60. The molecule has 0 amide bonds. The lowest BCUT2D eigenvalue weighted by molar-refractivity contribution is 1.13. The molecule has 2 heterocycles. The number of nitrogens with one attached hydrogen (secondary N) is 1. The summed E-state index contributed by atoms with van der Waals surface area (Å²) in [6.45, 7) is 2.86. The number of nitrogens with zero attached hydrogens (tertiary/aromatic N) is 1. The summed E-state index contributed by atoms with van der Waals surface area (Å²) in [5.74, 6) is 0.908. The first-order valence-corrected chi connectivity index (χ1v) is 7.20. The molecule has 0 aliphatic heterocycles. The highest BCUT2D eigenvalue weighted by Gasteiger charge is 2.00. The summed E-state index contributed by atoms with van der Waals surface area (Å²) in [5, 5.41) is 5.38. The molecule has 5 heteroatoms. The van der Waals surface area contributed by atoms with Crippen molar-refractivity contribution in [3.05, 3.63) is 43.1 Å². The van der Waals surface area contributed by atoms with Crippen LogP contribution >= 0.6 is 43.2 Å². The fraction of sp³-hybridized carbons (Fsp3) is 0.182. The molecule has 16 heavy (non-hydrogen) atoms. The van der Waals surface area contributed by atoms with E-state index >= 15 is 0 Å². The van der Waals surface area contributed by atoms with E-state index in [2.05, 4.69) is 60.5 Å². The molecule has 0 aliphatic carbocycles. The van der Waals surface area contributed by atoms with Crippen molar-refractivity contribution in [2.75, 3.05) is 5.32 Å². The quantitative estimate of drug-likeness (QED) is 0.864. The number of hydrogen-bond acceptors (Lipinski definition) is 3. The number of pyridine rings is 1. The van der Waals surface area contributed by atoms with Crippen LogP contribution in [0.5, 0.6) is 0 Å². The Labute approximate surface area is 115 Å². The Bertz CT molecular complexity index is 496. The second-order valence-corrected chi connectivity index (χ2v) is 6.17. The van der Waals surface area contributed by atoms with E-state index in [1.165, 1.54) is 10.4 Å². The molecule has 2 nitrogen and oxygen atoms in total. The standard InChI is InChI=1S/C11H10Br2N2S/c1-7-2-11(15-5-10(7)13)14-4-9-3-8(12)6-16-9/h2-3,5-6H,4H2,1H3,(H,14,15). The molecule has 0 atom stereocenters. The van der Waals surface area contributed by atoms with E-state index in [9.17, 15) is 0 Å². The Morgan fingerprint density at radius 3 is 2.81 bits per heavy atom. The third kappa shape index (κ3) is 3.06. The van der Waals surface area contributed by atoms with Crippen LogP contribution in [0.2, 0.25) is 0 Å². The number of aromatic nitrogens is 1. The number of halogens is 2. The average Bonchev–Trinajstić information content (AvgIpc) is 2.66. The smallest absolute Gasteiger partial charge is 0.126 e. The minimum absolute atomic E-state index is 0.810. The first kappa shape index (κ1) is 12.1. The fourth-order valence-corrected chi connectivity index (χ4v) is 2.87. The Hall–Kier alpha value is -0.390. The van der Waals surface area contributed by atoms with Crippen molar-refractivity contribution in [3.8, 4) is 0 Å². The van der Waals surface area contributed by atoms with Crippen molar-refractivity contribution in [3.63, 3.8) is 0 Å². The van der Waals surface area contributed by atoms with E-state index in [1.54, 1.807) is 11.3 Å². The van der Waals surface area contributed by atoms with Gasteiger partial charge in [0.1, 0.15) is 5.82 Å². The average molecular weight is 362 g/mol. The molecule has 0 spiro atoms. The number of aryl methyl sites for hydroxylation is 1. The summed E-state index contributed by atoms with van der Waals surface area (Å²) in [5.41, 5.74) is 1.19. The van der Waals surface area contributed by atoms with Gasteiger partial charge in [0.15, 0.2) is 0 Å².